The standard InChI is InChI=1S/C14H20N2S/c1-12-11-17-14(15-12)7-9-16(10-8-14)13-5-3-2-4-6-13/h2-6,12,15H,7-11H2,1H3. The van der Waals surface area contributed by atoms with Crippen LogP contribution < -0.4 is 10.2 Å². The van der Waals surface area contributed by atoms with Crippen LogP contribution in [0.5, 0.6) is 0 Å². The fraction of sp³-hybridized carbons (Fsp3) is 0.571. The number of para-hydroxylation sites is 1. The summed E-state index contributed by atoms with van der Waals surface area (Å²) in [5.74, 6) is 1.27. The molecule has 1 aromatic carbocycles. The van der Waals surface area contributed by atoms with E-state index >= 15 is 0 Å². The Hall–Kier alpha value is -0.670. The van der Waals surface area contributed by atoms with Crippen molar-refractivity contribution in [3.8, 4) is 0 Å². The van der Waals surface area contributed by atoms with E-state index in [1.165, 1.54) is 37.4 Å². The first-order chi connectivity index (χ1) is 8.27. The van der Waals surface area contributed by atoms with Crippen molar-refractivity contribution in [1.29, 1.82) is 0 Å². The lowest BCUT2D eigenvalue weighted by Crippen LogP contribution is -2.49. The highest BCUT2D eigenvalue weighted by atomic mass is 32.2. The molecule has 2 nitrogen and oxygen atoms in total. The summed E-state index contributed by atoms with van der Waals surface area (Å²) >= 11 is 2.13. The van der Waals surface area contributed by atoms with Crippen LogP contribution in [0.3, 0.4) is 0 Å². The number of piperidine rings is 1. The molecule has 2 aliphatic rings. The number of rotatable bonds is 1. The van der Waals surface area contributed by atoms with Crippen molar-refractivity contribution in [2.75, 3.05) is 23.7 Å². The molecular weight excluding hydrogens is 228 g/mol. The predicted molar refractivity (Wildman–Crippen MR) is 75.7 cm³/mol. The summed E-state index contributed by atoms with van der Waals surface area (Å²) in [6.07, 6.45) is 2.52. The summed E-state index contributed by atoms with van der Waals surface area (Å²) in [6.45, 7) is 4.65. The fourth-order valence-electron chi connectivity index (χ4n) is 2.87. The van der Waals surface area contributed by atoms with Crippen molar-refractivity contribution >= 4 is 17.4 Å². The summed E-state index contributed by atoms with van der Waals surface area (Å²) < 4.78 is 0. The van der Waals surface area contributed by atoms with Gasteiger partial charge in [-0.1, -0.05) is 18.2 Å². The molecule has 92 valence electrons. The number of hydrogen-bond acceptors (Lipinski definition) is 3. The third-order valence-electron chi connectivity index (χ3n) is 3.81. The van der Waals surface area contributed by atoms with E-state index in [4.69, 9.17) is 0 Å². The second kappa shape index (κ2) is 4.54. The van der Waals surface area contributed by atoms with Gasteiger partial charge in [0.2, 0.25) is 0 Å². The van der Waals surface area contributed by atoms with Crippen LogP contribution in [0, 0.1) is 0 Å². The minimum absolute atomic E-state index is 0.380. The predicted octanol–water partition coefficient (Wildman–Crippen LogP) is 2.71. The SMILES string of the molecule is CC1CSC2(CCN(c3ccccc3)CC2)N1. The average Bonchev–Trinajstić information content (AvgIpc) is 2.73. The highest BCUT2D eigenvalue weighted by Crippen LogP contribution is 2.39. The zero-order chi connectivity index (χ0) is 11.7. The van der Waals surface area contributed by atoms with Gasteiger partial charge in [-0.2, -0.15) is 0 Å². The van der Waals surface area contributed by atoms with Crippen LogP contribution in [0.4, 0.5) is 5.69 Å². The van der Waals surface area contributed by atoms with E-state index in [9.17, 15) is 0 Å². The molecule has 1 N–H and O–H groups in total. The molecule has 2 aliphatic heterocycles. The Morgan fingerprint density at radius 2 is 1.94 bits per heavy atom. The van der Waals surface area contributed by atoms with Crippen LogP contribution in [0.2, 0.25) is 0 Å². The van der Waals surface area contributed by atoms with Gasteiger partial charge in [0.1, 0.15) is 0 Å². The van der Waals surface area contributed by atoms with Gasteiger partial charge in [0, 0.05) is 30.6 Å². The monoisotopic (exact) mass is 248 g/mol. The first-order valence-corrected chi connectivity index (χ1v) is 7.48. The Labute approximate surface area is 108 Å². The van der Waals surface area contributed by atoms with E-state index in [-0.39, 0.29) is 0 Å². The Balaban J connectivity index is 1.65. The number of hydrogen-bond donors (Lipinski definition) is 1. The highest BCUT2D eigenvalue weighted by molar-refractivity contribution is 8.00. The summed E-state index contributed by atoms with van der Waals surface area (Å²) in [4.78, 5) is 2.89. The maximum Gasteiger partial charge on any atom is 0.0681 e. The van der Waals surface area contributed by atoms with Crippen molar-refractivity contribution in [3.63, 3.8) is 0 Å². The van der Waals surface area contributed by atoms with Crippen LogP contribution in [0.25, 0.3) is 0 Å². The molecule has 3 rings (SSSR count). The topological polar surface area (TPSA) is 15.3 Å². The largest absolute Gasteiger partial charge is 0.371 e. The third-order valence-corrected chi connectivity index (χ3v) is 5.56. The fourth-order valence-corrected chi connectivity index (χ4v) is 4.28. The highest BCUT2D eigenvalue weighted by Gasteiger charge is 2.40. The van der Waals surface area contributed by atoms with Gasteiger partial charge in [-0.3, -0.25) is 5.32 Å². The molecule has 1 aromatic rings. The third kappa shape index (κ3) is 2.31. The maximum atomic E-state index is 3.78. The van der Waals surface area contributed by atoms with Crippen LogP contribution in [0.15, 0.2) is 30.3 Å². The van der Waals surface area contributed by atoms with Crippen molar-refractivity contribution in [2.24, 2.45) is 0 Å². The molecule has 2 heterocycles. The molecule has 2 saturated heterocycles. The molecule has 0 aliphatic carbocycles. The molecule has 0 aromatic heterocycles. The maximum absolute atomic E-state index is 3.78. The lowest BCUT2D eigenvalue weighted by Gasteiger charge is -2.40. The number of anilines is 1. The van der Waals surface area contributed by atoms with E-state index in [1.54, 1.807) is 0 Å². The zero-order valence-corrected chi connectivity index (χ0v) is 11.2. The van der Waals surface area contributed by atoms with Crippen LogP contribution in [0.1, 0.15) is 19.8 Å². The first kappa shape index (κ1) is 11.4. The van der Waals surface area contributed by atoms with Gasteiger partial charge in [0.05, 0.1) is 4.87 Å². The molecule has 0 radical (unpaired) electrons. The van der Waals surface area contributed by atoms with E-state index < -0.39 is 0 Å². The quantitative estimate of drug-likeness (QED) is 0.822. The van der Waals surface area contributed by atoms with Gasteiger partial charge < -0.3 is 4.90 Å². The summed E-state index contributed by atoms with van der Waals surface area (Å²) in [5, 5.41) is 3.78. The molecule has 1 atom stereocenters. The second-order valence-electron chi connectivity index (χ2n) is 5.17. The van der Waals surface area contributed by atoms with Gasteiger partial charge in [0.15, 0.2) is 0 Å². The number of thioether (sulfide) groups is 1. The van der Waals surface area contributed by atoms with E-state index in [2.05, 4.69) is 59.2 Å². The molecule has 2 fully saturated rings. The zero-order valence-electron chi connectivity index (χ0n) is 10.4. The normalized spacial score (nSPS) is 27.6. The van der Waals surface area contributed by atoms with Crippen LogP contribution in [-0.2, 0) is 0 Å². The van der Waals surface area contributed by atoms with Gasteiger partial charge in [-0.15, -0.1) is 11.8 Å². The molecule has 3 heteroatoms. The molecule has 0 bridgehead atoms. The van der Waals surface area contributed by atoms with Gasteiger partial charge in [0.25, 0.3) is 0 Å². The number of nitrogens with one attached hydrogen (secondary N) is 1. The van der Waals surface area contributed by atoms with Gasteiger partial charge >= 0.3 is 0 Å². The summed E-state index contributed by atoms with van der Waals surface area (Å²) in [6, 6.07) is 11.5. The van der Waals surface area contributed by atoms with Crippen molar-refractivity contribution in [1.82, 2.24) is 5.32 Å². The average molecular weight is 248 g/mol. The molecule has 1 unspecified atom stereocenters. The van der Waals surface area contributed by atoms with Crippen molar-refractivity contribution in [2.45, 2.75) is 30.7 Å². The Morgan fingerprint density at radius 3 is 2.53 bits per heavy atom. The molecule has 1 spiro atoms. The van der Waals surface area contributed by atoms with Crippen LogP contribution >= 0.6 is 11.8 Å². The number of benzene rings is 1. The van der Waals surface area contributed by atoms with E-state index in [0.29, 0.717) is 10.9 Å². The van der Waals surface area contributed by atoms with Gasteiger partial charge in [-0.25, -0.2) is 0 Å². The summed E-state index contributed by atoms with van der Waals surface area (Å²) in [5.41, 5.74) is 1.37. The minimum Gasteiger partial charge on any atom is -0.371 e. The lowest BCUT2D eigenvalue weighted by atomic mass is 10.0. The smallest absolute Gasteiger partial charge is 0.0681 e. The Morgan fingerprint density at radius 1 is 1.24 bits per heavy atom. The first-order valence-electron chi connectivity index (χ1n) is 6.49. The molecular formula is C14H20N2S. The minimum atomic E-state index is 0.380. The molecule has 0 saturated carbocycles. The summed E-state index contributed by atoms with van der Waals surface area (Å²) in [7, 11) is 0. The molecule has 17 heavy (non-hydrogen) atoms. The van der Waals surface area contributed by atoms with E-state index in [1.807, 2.05) is 0 Å². The van der Waals surface area contributed by atoms with Crippen molar-refractivity contribution in [3.05, 3.63) is 30.3 Å². The Kier molecular flexibility index (Phi) is 3.05. The van der Waals surface area contributed by atoms with Crippen LogP contribution in [-0.4, -0.2) is 29.8 Å². The van der Waals surface area contributed by atoms with Gasteiger partial charge in [-0.05, 0) is 31.9 Å². The van der Waals surface area contributed by atoms with E-state index in [0.717, 1.165) is 0 Å². The second-order valence-corrected chi connectivity index (χ2v) is 6.58. The lowest BCUT2D eigenvalue weighted by molar-refractivity contribution is 0.371. The Bertz CT molecular complexity index is 371. The molecule has 0 amide bonds. The number of nitrogens with zero attached hydrogens (tertiary/aromatic N) is 1. The van der Waals surface area contributed by atoms with Crippen molar-refractivity contribution < 1.29 is 0 Å².